The first-order chi connectivity index (χ1) is 28.8. The molecule has 0 aromatic rings. The Labute approximate surface area is 361 Å². The van der Waals surface area contributed by atoms with Gasteiger partial charge in [0.15, 0.2) is 6.29 Å². The zero-order valence-electron chi connectivity index (χ0n) is 38.0. The minimum atomic E-state index is -1.57. The van der Waals surface area contributed by atoms with Crippen molar-refractivity contribution >= 4 is 5.91 Å². The molecule has 9 heteroatoms. The normalized spacial score (nSPS) is 21.0. The molecule has 9 nitrogen and oxygen atoms in total. The Bertz CT molecular complexity index is 1020. The van der Waals surface area contributed by atoms with Crippen LogP contribution < -0.4 is 5.32 Å². The van der Waals surface area contributed by atoms with Crippen LogP contribution in [0.4, 0.5) is 0 Å². The number of aliphatic hydroxyl groups excluding tert-OH is 5. The van der Waals surface area contributed by atoms with Crippen LogP contribution in [0.15, 0.2) is 36.5 Å². The van der Waals surface area contributed by atoms with Crippen molar-refractivity contribution in [3.8, 4) is 0 Å². The molecule has 6 N–H and O–H groups in total. The number of carbonyl (C=O) groups excluding carboxylic acids is 1. The van der Waals surface area contributed by atoms with Gasteiger partial charge in [0.2, 0.25) is 5.91 Å². The van der Waals surface area contributed by atoms with E-state index in [0.29, 0.717) is 6.42 Å². The molecule has 1 amide bonds. The minimum Gasteiger partial charge on any atom is -0.394 e. The summed E-state index contributed by atoms with van der Waals surface area (Å²) in [4.78, 5) is 13.0. The zero-order chi connectivity index (χ0) is 43.0. The van der Waals surface area contributed by atoms with Gasteiger partial charge in [0.05, 0.1) is 25.4 Å². The number of aliphatic hydroxyl groups is 5. The highest BCUT2D eigenvalue weighted by atomic mass is 16.7. The number of rotatable bonds is 41. The van der Waals surface area contributed by atoms with Crippen molar-refractivity contribution in [3.63, 3.8) is 0 Å². The van der Waals surface area contributed by atoms with Crippen LogP contribution in [-0.4, -0.2) is 87.5 Å². The van der Waals surface area contributed by atoms with Gasteiger partial charge in [-0.15, -0.1) is 0 Å². The van der Waals surface area contributed by atoms with Crippen molar-refractivity contribution in [2.24, 2.45) is 0 Å². The van der Waals surface area contributed by atoms with E-state index in [4.69, 9.17) is 9.47 Å². The predicted octanol–water partition coefficient (Wildman–Crippen LogP) is 10.8. The van der Waals surface area contributed by atoms with Gasteiger partial charge in [-0.05, 0) is 44.9 Å². The Morgan fingerprint density at radius 3 is 1.42 bits per heavy atom. The first-order valence-corrected chi connectivity index (χ1v) is 24.7. The van der Waals surface area contributed by atoms with Gasteiger partial charge < -0.3 is 40.3 Å². The van der Waals surface area contributed by atoms with Gasteiger partial charge in [-0.3, -0.25) is 4.79 Å². The molecule has 0 aliphatic carbocycles. The van der Waals surface area contributed by atoms with Crippen LogP contribution in [0.3, 0.4) is 0 Å². The van der Waals surface area contributed by atoms with Gasteiger partial charge in [0.25, 0.3) is 0 Å². The third-order valence-electron chi connectivity index (χ3n) is 11.7. The van der Waals surface area contributed by atoms with E-state index in [2.05, 4.69) is 43.5 Å². The lowest BCUT2D eigenvalue weighted by Gasteiger charge is -2.40. The van der Waals surface area contributed by atoms with E-state index in [1.54, 1.807) is 6.08 Å². The molecule has 0 spiro atoms. The Balaban J connectivity index is 2.36. The topological polar surface area (TPSA) is 149 Å². The Kier molecular flexibility index (Phi) is 38.0. The van der Waals surface area contributed by atoms with E-state index in [-0.39, 0.29) is 12.5 Å². The van der Waals surface area contributed by atoms with Crippen molar-refractivity contribution in [1.29, 1.82) is 0 Å². The predicted molar refractivity (Wildman–Crippen MR) is 244 cm³/mol. The number of ether oxygens (including phenoxy) is 2. The lowest BCUT2D eigenvalue weighted by Crippen LogP contribution is -2.60. The molecule has 1 saturated heterocycles. The molecule has 0 bridgehead atoms. The van der Waals surface area contributed by atoms with Crippen molar-refractivity contribution in [2.75, 3.05) is 13.2 Å². The molecule has 0 aromatic heterocycles. The number of carbonyl (C=O) groups is 1. The van der Waals surface area contributed by atoms with E-state index in [1.807, 2.05) is 6.08 Å². The maximum Gasteiger partial charge on any atom is 0.220 e. The van der Waals surface area contributed by atoms with Crippen LogP contribution in [0.2, 0.25) is 0 Å². The average Bonchev–Trinajstić information content (AvgIpc) is 3.23. The van der Waals surface area contributed by atoms with E-state index in [9.17, 15) is 30.3 Å². The summed E-state index contributed by atoms with van der Waals surface area (Å²) in [7, 11) is 0. The van der Waals surface area contributed by atoms with Crippen LogP contribution in [0.25, 0.3) is 0 Å². The summed E-state index contributed by atoms with van der Waals surface area (Å²) in [5.41, 5.74) is 0. The van der Waals surface area contributed by atoms with Gasteiger partial charge in [0, 0.05) is 6.42 Å². The molecule has 0 saturated carbocycles. The van der Waals surface area contributed by atoms with Crippen LogP contribution >= 0.6 is 0 Å². The number of nitrogens with one attached hydrogen (secondary N) is 1. The van der Waals surface area contributed by atoms with Crippen molar-refractivity contribution in [2.45, 2.75) is 262 Å². The summed E-state index contributed by atoms with van der Waals surface area (Å²) in [5, 5.41) is 54.2. The summed E-state index contributed by atoms with van der Waals surface area (Å²) in [5.74, 6) is -0.189. The molecule has 7 unspecified atom stereocenters. The largest absolute Gasteiger partial charge is 0.394 e. The van der Waals surface area contributed by atoms with Crippen LogP contribution in [0.1, 0.15) is 219 Å². The van der Waals surface area contributed by atoms with Crippen molar-refractivity contribution in [3.05, 3.63) is 36.5 Å². The fraction of sp³-hybridized carbons (Fsp3) is 0.860. The Morgan fingerprint density at radius 1 is 0.559 bits per heavy atom. The smallest absolute Gasteiger partial charge is 0.220 e. The molecular formula is C50H93NO8. The molecule has 1 aliphatic rings. The van der Waals surface area contributed by atoms with Gasteiger partial charge >= 0.3 is 0 Å². The molecule has 1 fully saturated rings. The fourth-order valence-corrected chi connectivity index (χ4v) is 7.72. The second-order valence-electron chi connectivity index (χ2n) is 17.2. The number of amides is 1. The van der Waals surface area contributed by atoms with E-state index in [1.165, 1.54) is 154 Å². The number of hydrogen-bond donors (Lipinski definition) is 6. The molecule has 7 atom stereocenters. The third kappa shape index (κ3) is 31.0. The maximum absolute atomic E-state index is 13.0. The first kappa shape index (κ1) is 55.4. The second-order valence-corrected chi connectivity index (χ2v) is 17.2. The maximum atomic E-state index is 13.0. The molecule has 1 aliphatic heterocycles. The quantitative estimate of drug-likeness (QED) is 0.0263. The Morgan fingerprint density at radius 2 is 0.966 bits per heavy atom. The highest BCUT2D eigenvalue weighted by Crippen LogP contribution is 2.23. The summed E-state index contributed by atoms with van der Waals surface area (Å²) in [6.07, 6.45) is 43.3. The third-order valence-corrected chi connectivity index (χ3v) is 11.7. The number of unbranched alkanes of at least 4 members (excludes halogenated alkanes) is 27. The van der Waals surface area contributed by atoms with Gasteiger partial charge in [-0.1, -0.05) is 204 Å². The average molecular weight is 836 g/mol. The monoisotopic (exact) mass is 836 g/mol. The van der Waals surface area contributed by atoms with Gasteiger partial charge in [-0.2, -0.15) is 0 Å². The molecule has 1 rings (SSSR count). The van der Waals surface area contributed by atoms with E-state index in [0.717, 1.165) is 44.9 Å². The molecule has 59 heavy (non-hydrogen) atoms. The number of hydrogen-bond acceptors (Lipinski definition) is 8. The minimum absolute atomic E-state index is 0.189. The summed E-state index contributed by atoms with van der Waals surface area (Å²) in [6, 6.07) is -0.824. The van der Waals surface area contributed by atoms with Crippen LogP contribution in [-0.2, 0) is 14.3 Å². The highest BCUT2D eigenvalue weighted by Gasteiger charge is 2.44. The van der Waals surface area contributed by atoms with Crippen molar-refractivity contribution < 1.29 is 39.8 Å². The van der Waals surface area contributed by atoms with E-state index >= 15 is 0 Å². The molecule has 0 aromatic carbocycles. The first-order valence-electron chi connectivity index (χ1n) is 24.7. The van der Waals surface area contributed by atoms with E-state index < -0.39 is 49.5 Å². The standard InChI is InChI=1S/C50H93NO8/c1-3-5-7-9-11-13-15-17-19-21-22-24-25-27-29-31-33-35-37-39-44(53)43(42-58-50-49(57)48(56)47(55)45(41-52)59-50)51-46(54)40-38-36-34-32-30-28-26-23-20-18-16-14-12-10-8-6-4-2/h22,24,29,31,37,39,43-45,47-50,52-53,55-57H,3-21,23,25-28,30,32-36,38,40-42H2,1-2H3,(H,51,54)/b24-22+,31-29+,39-37+. The van der Waals surface area contributed by atoms with Crippen LogP contribution in [0, 0.1) is 0 Å². The summed E-state index contributed by atoms with van der Waals surface area (Å²) in [6.45, 7) is 3.76. The molecule has 1 heterocycles. The number of allylic oxidation sites excluding steroid dienone is 5. The van der Waals surface area contributed by atoms with Gasteiger partial charge in [-0.25, -0.2) is 0 Å². The van der Waals surface area contributed by atoms with Crippen LogP contribution in [0.5, 0.6) is 0 Å². The molecular weight excluding hydrogens is 743 g/mol. The van der Waals surface area contributed by atoms with Crippen molar-refractivity contribution in [1.82, 2.24) is 5.32 Å². The fourth-order valence-electron chi connectivity index (χ4n) is 7.72. The lowest BCUT2D eigenvalue weighted by atomic mass is 9.99. The second kappa shape index (κ2) is 40.5. The summed E-state index contributed by atoms with van der Waals surface area (Å²) < 4.78 is 11.2. The molecule has 346 valence electrons. The SMILES string of the molecule is CCCCCCCCCCC/C=C/CC/C=C/CC/C=C/C(O)C(COC1OC(CO)C(O)C(O)C1O)NC(=O)CCCCCCCCCCCCCCCCCCC. The zero-order valence-corrected chi connectivity index (χ0v) is 38.0. The lowest BCUT2D eigenvalue weighted by molar-refractivity contribution is -0.302. The molecule has 0 radical (unpaired) electrons. The highest BCUT2D eigenvalue weighted by molar-refractivity contribution is 5.76. The van der Waals surface area contributed by atoms with Gasteiger partial charge in [0.1, 0.15) is 24.4 Å². The summed E-state index contributed by atoms with van der Waals surface area (Å²) >= 11 is 0. The Hall–Kier alpha value is -1.59.